The number of rotatable bonds is 4. The maximum Gasteiger partial charge on any atom is 0.262 e. The number of ether oxygens (including phenoxy) is 1. The van der Waals surface area contributed by atoms with Crippen molar-refractivity contribution in [2.75, 3.05) is 35.9 Å². The normalized spacial score (nSPS) is 15.2. The Bertz CT molecular complexity index is 881. The minimum absolute atomic E-state index is 0.0925. The molecule has 134 valence electrons. The van der Waals surface area contributed by atoms with Gasteiger partial charge in [-0.15, -0.1) is 0 Å². The smallest absolute Gasteiger partial charge is 0.262 e. The molecule has 8 heteroatoms. The SMILES string of the molecule is Cc1cc(F)ccc1S(=O)(=O)Nc1cc(N2CCOCC2)ccc1F. The van der Waals surface area contributed by atoms with Gasteiger partial charge in [0.1, 0.15) is 11.6 Å². The summed E-state index contributed by atoms with van der Waals surface area (Å²) >= 11 is 0. The van der Waals surface area contributed by atoms with Crippen LogP contribution in [-0.2, 0) is 14.8 Å². The van der Waals surface area contributed by atoms with E-state index in [1.54, 1.807) is 6.07 Å². The first-order valence-electron chi connectivity index (χ1n) is 7.78. The number of sulfonamides is 1. The molecule has 2 aromatic rings. The molecule has 0 bridgehead atoms. The number of morpholine rings is 1. The Morgan fingerprint density at radius 1 is 1.08 bits per heavy atom. The lowest BCUT2D eigenvalue weighted by molar-refractivity contribution is 0.122. The maximum absolute atomic E-state index is 14.1. The van der Waals surface area contributed by atoms with Gasteiger partial charge in [-0.2, -0.15) is 0 Å². The van der Waals surface area contributed by atoms with Gasteiger partial charge in [-0.05, 0) is 48.9 Å². The number of aryl methyl sites for hydroxylation is 1. The van der Waals surface area contributed by atoms with Crippen molar-refractivity contribution in [2.45, 2.75) is 11.8 Å². The molecule has 0 saturated carbocycles. The first-order valence-corrected chi connectivity index (χ1v) is 9.26. The van der Waals surface area contributed by atoms with Crippen LogP contribution in [-0.4, -0.2) is 34.7 Å². The molecule has 0 amide bonds. The monoisotopic (exact) mass is 368 g/mol. The molecule has 0 spiro atoms. The molecule has 1 N–H and O–H groups in total. The summed E-state index contributed by atoms with van der Waals surface area (Å²) in [7, 11) is -4.03. The van der Waals surface area contributed by atoms with Crippen LogP contribution in [0.25, 0.3) is 0 Å². The van der Waals surface area contributed by atoms with Gasteiger partial charge in [0.2, 0.25) is 0 Å². The average Bonchev–Trinajstić information content (AvgIpc) is 2.57. The highest BCUT2D eigenvalue weighted by Gasteiger charge is 2.20. The Kier molecular flexibility index (Phi) is 4.91. The van der Waals surface area contributed by atoms with Gasteiger partial charge in [-0.3, -0.25) is 4.72 Å². The number of halogens is 2. The van der Waals surface area contributed by atoms with E-state index in [0.717, 1.165) is 18.2 Å². The van der Waals surface area contributed by atoms with Crippen LogP contribution in [0.5, 0.6) is 0 Å². The molecule has 0 unspecified atom stereocenters. The van der Waals surface area contributed by atoms with Gasteiger partial charge in [-0.25, -0.2) is 17.2 Å². The van der Waals surface area contributed by atoms with Gasteiger partial charge in [-0.1, -0.05) is 0 Å². The van der Waals surface area contributed by atoms with E-state index in [4.69, 9.17) is 4.74 Å². The second-order valence-electron chi connectivity index (χ2n) is 5.78. The zero-order valence-electron chi connectivity index (χ0n) is 13.6. The van der Waals surface area contributed by atoms with Gasteiger partial charge >= 0.3 is 0 Å². The fourth-order valence-corrected chi connectivity index (χ4v) is 4.01. The number of anilines is 2. The van der Waals surface area contributed by atoms with E-state index in [1.165, 1.54) is 19.1 Å². The average molecular weight is 368 g/mol. The molecule has 25 heavy (non-hydrogen) atoms. The molecule has 1 fully saturated rings. The largest absolute Gasteiger partial charge is 0.378 e. The third-order valence-electron chi connectivity index (χ3n) is 4.00. The topological polar surface area (TPSA) is 58.6 Å². The van der Waals surface area contributed by atoms with Crippen molar-refractivity contribution in [3.63, 3.8) is 0 Å². The first kappa shape index (κ1) is 17.6. The lowest BCUT2D eigenvalue weighted by atomic mass is 10.2. The summed E-state index contributed by atoms with van der Waals surface area (Å²) in [6.45, 7) is 3.91. The van der Waals surface area contributed by atoms with Crippen LogP contribution in [0.1, 0.15) is 5.56 Å². The molecule has 1 aliphatic heterocycles. The lowest BCUT2D eigenvalue weighted by Crippen LogP contribution is -2.36. The summed E-state index contributed by atoms with van der Waals surface area (Å²) < 4.78 is 59.9. The summed E-state index contributed by atoms with van der Waals surface area (Å²) in [5, 5.41) is 0. The van der Waals surface area contributed by atoms with E-state index in [9.17, 15) is 17.2 Å². The molecular weight excluding hydrogens is 350 g/mol. The summed E-state index contributed by atoms with van der Waals surface area (Å²) in [6, 6.07) is 7.62. The first-order chi connectivity index (χ1) is 11.9. The van der Waals surface area contributed by atoms with Gasteiger partial charge in [0.15, 0.2) is 0 Å². The second kappa shape index (κ2) is 6.97. The molecule has 3 rings (SSSR count). The molecule has 0 aromatic heterocycles. The van der Waals surface area contributed by atoms with Crippen LogP contribution in [0, 0.1) is 18.6 Å². The molecule has 1 heterocycles. The standard InChI is InChI=1S/C17H18F2N2O3S/c1-12-10-13(18)2-5-17(12)25(22,23)20-16-11-14(3-4-15(16)19)21-6-8-24-9-7-21/h2-5,10-11,20H,6-9H2,1H3. The number of nitrogens with zero attached hydrogens (tertiary/aromatic N) is 1. The predicted octanol–water partition coefficient (Wildman–Crippen LogP) is 2.91. The van der Waals surface area contributed by atoms with Crippen LogP contribution >= 0.6 is 0 Å². The number of benzene rings is 2. The van der Waals surface area contributed by atoms with Crippen molar-refractivity contribution in [2.24, 2.45) is 0 Å². The summed E-state index contributed by atoms with van der Waals surface area (Å²) in [4.78, 5) is 1.90. The van der Waals surface area contributed by atoms with Gasteiger partial charge < -0.3 is 9.64 Å². The van der Waals surface area contributed by atoms with Crippen molar-refractivity contribution in [1.29, 1.82) is 0 Å². The van der Waals surface area contributed by atoms with Crippen molar-refractivity contribution in [3.8, 4) is 0 Å². The summed E-state index contributed by atoms with van der Waals surface area (Å²) in [5.74, 6) is -1.21. The number of nitrogens with one attached hydrogen (secondary N) is 1. The highest BCUT2D eigenvalue weighted by atomic mass is 32.2. The number of hydrogen-bond donors (Lipinski definition) is 1. The highest BCUT2D eigenvalue weighted by Crippen LogP contribution is 2.26. The summed E-state index contributed by atoms with van der Waals surface area (Å²) in [5.41, 5.74) is 0.809. The minimum atomic E-state index is -4.03. The van der Waals surface area contributed by atoms with Crippen molar-refractivity contribution in [1.82, 2.24) is 0 Å². The van der Waals surface area contributed by atoms with Crippen molar-refractivity contribution >= 4 is 21.4 Å². The van der Waals surface area contributed by atoms with Gasteiger partial charge in [0, 0.05) is 18.8 Å². The molecule has 2 aromatic carbocycles. The predicted molar refractivity (Wildman–Crippen MR) is 91.4 cm³/mol. The fourth-order valence-electron chi connectivity index (χ4n) is 2.72. The fraction of sp³-hybridized carbons (Fsp3) is 0.294. The van der Waals surface area contributed by atoms with E-state index in [1.807, 2.05) is 4.90 Å². The Hall–Kier alpha value is -2.19. The van der Waals surface area contributed by atoms with E-state index in [-0.39, 0.29) is 16.1 Å². The van der Waals surface area contributed by atoms with Gasteiger partial charge in [0.05, 0.1) is 23.8 Å². The number of hydrogen-bond acceptors (Lipinski definition) is 4. The van der Waals surface area contributed by atoms with E-state index in [2.05, 4.69) is 4.72 Å². The third kappa shape index (κ3) is 3.91. The maximum atomic E-state index is 14.1. The minimum Gasteiger partial charge on any atom is -0.378 e. The van der Waals surface area contributed by atoms with Crippen LogP contribution in [0.2, 0.25) is 0 Å². The van der Waals surface area contributed by atoms with Crippen molar-refractivity contribution < 1.29 is 21.9 Å². The van der Waals surface area contributed by atoms with E-state index >= 15 is 0 Å². The molecule has 0 radical (unpaired) electrons. The quantitative estimate of drug-likeness (QED) is 0.902. The Balaban J connectivity index is 1.90. The molecule has 0 atom stereocenters. The van der Waals surface area contributed by atoms with Gasteiger partial charge in [0.25, 0.3) is 10.0 Å². The Morgan fingerprint density at radius 3 is 2.48 bits per heavy atom. The van der Waals surface area contributed by atoms with Crippen LogP contribution < -0.4 is 9.62 Å². The van der Waals surface area contributed by atoms with Crippen LogP contribution in [0.4, 0.5) is 20.2 Å². The van der Waals surface area contributed by atoms with Crippen molar-refractivity contribution in [3.05, 3.63) is 53.6 Å². The van der Waals surface area contributed by atoms with E-state index < -0.39 is 21.7 Å². The summed E-state index contributed by atoms with van der Waals surface area (Å²) in [6.07, 6.45) is 0. The zero-order chi connectivity index (χ0) is 18.0. The van der Waals surface area contributed by atoms with Crippen LogP contribution in [0.15, 0.2) is 41.3 Å². The molecule has 5 nitrogen and oxygen atoms in total. The van der Waals surface area contributed by atoms with Crippen LogP contribution in [0.3, 0.4) is 0 Å². The molecular formula is C17H18F2N2O3S. The Labute approximate surface area is 145 Å². The third-order valence-corrected chi connectivity index (χ3v) is 5.52. The second-order valence-corrected chi connectivity index (χ2v) is 7.43. The van der Waals surface area contributed by atoms with E-state index in [0.29, 0.717) is 32.0 Å². The highest BCUT2D eigenvalue weighted by molar-refractivity contribution is 7.92. The molecule has 0 aliphatic carbocycles. The lowest BCUT2D eigenvalue weighted by Gasteiger charge is -2.29. The zero-order valence-corrected chi connectivity index (χ0v) is 14.4. The Morgan fingerprint density at radius 2 is 1.80 bits per heavy atom. The molecule has 1 saturated heterocycles. The molecule has 1 aliphatic rings.